The van der Waals surface area contributed by atoms with Crippen molar-refractivity contribution in [3.8, 4) is 11.3 Å². The van der Waals surface area contributed by atoms with Gasteiger partial charge in [-0.1, -0.05) is 19.1 Å². The Morgan fingerprint density at radius 3 is 3.00 bits per heavy atom. The Labute approximate surface area is 124 Å². The molecule has 0 aliphatic carbocycles. The van der Waals surface area contributed by atoms with Crippen molar-refractivity contribution in [3.05, 3.63) is 60.6 Å². The van der Waals surface area contributed by atoms with Crippen molar-refractivity contribution in [1.29, 1.82) is 0 Å². The Bertz CT molecular complexity index is 682. The van der Waals surface area contributed by atoms with Crippen LogP contribution in [-0.2, 0) is 13.1 Å². The summed E-state index contributed by atoms with van der Waals surface area (Å²) in [6, 6.07) is 12.5. The monoisotopic (exact) mass is 280 g/mol. The van der Waals surface area contributed by atoms with Gasteiger partial charge in [-0.2, -0.15) is 5.10 Å². The standard InChI is InChI=1S/C17H20N4/c1-2-9-21-10-7-14(13-21)12-18-16-5-3-4-15(11-16)17-6-8-19-20-17/h3-8,10-11,13,18H,2,9,12H2,1H3,(H,19,20). The fourth-order valence-electron chi connectivity index (χ4n) is 2.41. The van der Waals surface area contributed by atoms with Gasteiger partial charge in [0.05, 0.1) is 5.69 Å². The normalized spacial score (nSPS) is 10.7. The molecule has 4 nitrogen and oxygen atoms in total. The highest BCUT2D eigenvalue weighted by molar-refractivity contribution is 5.64. The second-order valence-electron chi connectivity index (χ2n) is 5.16. The van der Waals surface area contributed by atoms with Crippen LogP contribution in [0.5, 0.6) is 0 Å². The van der Waals surface area contributed by atoms with Crippen molar-refractivity contribution in [1.82, 2.24) is 14.8 Å². The number of hydrogen-bond acceptors (Lipinski definition) is 2. The summed E-state index contributed by atoms with van der Waals surface area (Å²) in [4.78, 5) is 0. The number of rotatable bonds is 6. The molecule has 0 saturated carbocycles. The van der Waals surface area contributed by atoms with E-state index in [1.54, 1.807) is 6.20 Å². The Hall–Kier alpha value is -2.49. The van der Waals surface area contributed by atoms with Gasteiger partial charge in [0.1, 0.15) is 0 Å². The molecule has 2 aromatic heterocycles. The van der Waals surface area contributed by atoms with Gasteiger partial charge >= 0.3 is 0 Å². The summed E-state index contributed by atoms with van der Waals surface area (Å²) in [5, 5.41) is 10.5. The molecule has 0 radical (unpaired) electrons. The number of aryl methyl sites for hydroxylation is 1. The van der Waals surface area contributed by atoms with Crippen LogP contribution in [0.1, 0.15) is 18.9 Å². The molecule has 2 N–H and O–H groups in total. The molecule has 0 bridgehead atoms. The third-order valence-electron chi connectivity index (χ3n) is 3.46. The summed E-state index contributed by atoms with van der Waals surface area (Å²) in [5.41, 5.74) is 4.59. The maximum Gasteiger partial charge on any atom is 0.0650 e. The van der Waals surface area contributed by atoms with Crippen LogP contribution in [0.15, 0.2) is 55.0 Å². The smallest absolute Gasteiger partial charge is 0.0650 e. The first-order valence-corrected chi connectivity index (χ1v) is 7.33. The number of aromatic amines is 1. The van der Waals surface area contributed by atoms with E-state index in [0.717, 1.165) is 36.5 Å². The van der Waals surface area contributed by atoms with Gasteiger partial charge in [0, 0.05) is 42.9 Å². The molecule has 0 aliphatic rings. The maximum absolute atomic E-state index is 3.99. The minimum Gasteiger partial charge on any atom is -0.381 e. The Morgan fingerprint density at radius 2 is 2.19 bits per heavy atom. The zero-order chi connectivity index (χ0) is 14.5. The molecule has 0 saturated heterocycles. The lowest BCUT2D eigenvalue weighted by atomic mass is 10.1. The van der Waals surface area contributed by atoms with Crippen molar-refractivity contribution >= 4 is 5.69 Å². The molecule has 0 aliphatic heterocycles. The largest absolute Gasteiger partial charge is 0.381 e. The summed E-state index contributed by atoms with van der Waals surface area (Å²) < 4.78 is 2.23. The van der Waals surface area contributed by atoms with Crippen LogP contribution in [0.2, 0.25) is 0 Å². The van der Waals surface area contributed by atoms with Crippen molar-refractivity contribution in [3.63, 3.8) is 0 Å². The van der Waals surface area contributed by atoms with Crippen molar-refractivity contribution < 1.29 is 0 Å². The maximum atomic E-state index is 3.99. The van der Waals surface area contributed by atoms with Gasteiger partial charge in [-0.3, -0.25) is 5.10 Å². The summed E-state index contributed by atoms with van der Waals surface area (Å²) in [6.45, 7) is 4.11. The van der Waals surface area contributed by atoms with E-state index in [4.69, 9.17) is 0 Å². The van der Waals surface area contributed by atoms with E-state index in [1.807, 2.05) is 6.07 Å². The van der Waals surface area contributed by atoms with E-state index >= 15 is 0 Å². The minimum absolute atomic E-state index is 0.836. The van der Waals surface area contributed by atoms with Gasteiger partial charge in [0.2, 0.25) is 0 Å². The molecule has 1 aromatic carbocycles. The molecule has 108 valence electrons. The van der Waals surface area contributed by atoms with E-state index < -0.39 is 0 Å². The molecule has 2 heterocycles. The highest BCUT2D eigenvalue weighted by Crippen LogP contribution is 2.20. The van der Waals surface area contributed by atoms with E-state index in [1.165, 1.54) is 5.56 Å². The first-order chi connectivity index (χ1) is 10.3. The predicted octanol–water partition coefficient (Wildman–Crippen LogP) is 3.90. The van der Waals surface area contributed by atoms with Crippen LogP contribution in [0.25, 0.3) is 11.3 Å². The van der Waals surface area contributed by atoms with Crippen LogP contribution in [0.4, 0.5) is 5.69 Å². The lowest BCUT2D eigenvalue weighted by molar-refractivity contribution is 0.682. The lowest BCUT2D eigenvalue weighted by Crippen LogP contribution is -1.99. The molecule has 0 fully saturated rings. The fraction of sp³-hybridized carbons (Fsp3) is 0.235. The van der Waals surface area contributed by atoms with E-state index in [9.17, 15) is 0 Å². The number of nitrogens with zero attached hydrogens (tertiary/aromatic N) is 2. The molecular formula is C17H20N4. The number of aromatic nitrogens is 3. The molecular weight excluding hydrogens is 260 g/mol. The number of hydrogen-bond donors (Lipinski definition) is 2. The lowest BCUT2D eigenvalue weighted by Gasteiger charge is -2.07. The number of nitrogens with one attached hydrogen (secondary N) is 2. The Kier molecular flexibility index (Phi) is 4.05. The second-order valence-corrected chi connectivity index (χ2v) is 5.16. The third kappa shape index (κ3) is 3.34. The van der Waals surface area contributed by atoms with Crippen LogP contribution in [-0.4, -0.2) is 14.8 Å². The molecule has 3 rings (SSSR count). The summed E-state index contributed by atoms with van der Waals surface area (Å²) in [5.74, 6) is 0. The first kappa shape index (κ1) is 13.5. The highest BCUT2D eigenvalue weighted by Gasteiger charge is 2.01. The van der Waals surface area contributed by atoms with Crippen molar-refractivity contribution in [2.45, 2.75) is 26.4 Å². The Morgan fingerprint density at radius 1 is 1.24 bits per heavy atom. The topological polar surface area (TPSA) is 45.6 Å². The molecule has 0 amide bonds. The number of H-pyrrole nitrogens is 1. The van der Waals surface area contributed by atoms with Gasteiger partial charge in [0.15, 0.2) is 0 Å². The predicted molar refractivity (Wildman–Crippen MR) is 86.1 cm³/mol. The average Bonchev–Trinajstić information content (AvgIpc) is 3.18. The van der Waals surface area contributed by atoms with Gasteiger partial charge in [0.25, 0.3) is 0 Å². The molecule has 0 spiro atoms. The minimum atomic E-state index is 0.836. The van der Waals surface area contributed by atoms with Gasteiger partial charge in [-0.15, -0.1) is 0 Å². The second kappa shape index (κ2) is 6.31. The first-order valence-electron chi connectivity index (χ1n) is 7.33. The third-order valence-corrected chi connectivity index (χ3v) is 3.46. The molecule has 4 heteroatoms. The zero-order valence-electron chi connectivity index (χ0n) is 12.2. The van der Waals surface area contributed by atoms with E-state index in [-0.39, 0.29) is 0 Å². The van der Waals surface area contributed by atoms with E-state index in [2.05, 4.69) is 69.7 Å². The van der Waals surface area contributed by atoms with Crippen LogP contribution >= 0.6 is 0 Å². The summed E-state index contributed by atoms with van der Waals surface area (Å²) in [6.07, 6.45) is 7.27. The van der Waals surface area contributed by atoms with Gasteiger partial charge < -0.3 is 9.88 Å². The fourth-order valence-corrected chi connectivity index (χ4v) is 2.41. The zero-order valence-corrected chi connectivity index (χ0v) is 12.2. The average molecular weight is 280 g/mol. The summed E-state index contributed by atoms with van der Waals surface area (Å²) in [7, 11) is 0. The van der Waals surface area contributed by atoms with Crippen molar-refractivity contribution in [2.24, 2.45) is 0 Å². The molecule has 21 heavy (non-hydrogen) atoms. The molecule has 3 aromatic rings. The van der Waals surface area contributed by atoms with Crippen molar-refractivity contribution in [2.75, 3.05) is 5.32 Å². The van der Waals surface area contributed by atoms with Crippen LogP contribution in [0.3, 0.4) is 0 Å². The Balaban J connectivity index is 1.66. The SMILES string of the molecule is CCCn1ccc(CNc2cccc(-c3ccn[nH]3)c2)c1. The van der Waals surface area contributed by atoms with Gasteiger partial charge in [-0.05, 0) is 36.2 Å². The number of benzene rings is 1. The van der Waals surface area contributed by atoms with Crippen LogP contribution < -0.4 is 5.32 Å². The summed E-state index contributed by atoms with van der Waals surface area (Å²) >= 11 is 0. The molecule has 0 unspecified atom stereocenters. The molecule has 0 atom stereocenters. The van der Waals surface area contributed by atoms with E-state index in [0.29, 0.717) is 0 Å². The van der Waals surface area contributed by atoms with Crippen LogP contribution in [0, 0.1) is 0 Å². The quantitative estimate of drug-likeness (QED) is 0.719. The number of anilines is 1. The van der Waals surface area contributed by atoms with Gasteiger partial charge in [-0.25, -0.2) is 0 Å². The highest BCUT2D eigenvalue weighted by atomic mass is 15.1.